The maximum atomic E-state index is 11.5. The van der Waals surface area contributed by atoms with Gasteiger partial charge in [0.25, 0.3) is 0 Å². The summed E-state index contributed by atoms with van der Waals surface area (Å²) in [5, 5.41) is 12.6. The third-order valence-electron chi connectivity index (χ3n) is 3.37. The van der Waals surface area contributed by atoms with Gasteiger partial charge in [-0.1, -0.05) is 60.2 Å². The molecule has 0 heterocycles. The molecule has 0 fully saturated rings. The van der Waals surface area contributed by atoms with Crippen LogP contribution in [0.25, 0.3) is 0 Å². The van der Waals surface area contributed by atoms with Gasteiger partial charge in [0, 0.05) is 6.04 Å². The van der Waals surface area contributed by atoms with Gasteiger partial charge in [-0.3, -0.25) is 10.1 Å². The first-order chi connectivity index (χ1) is 9.58. The van der Waals surface area contributed by atoms with Gasteiger partial charge in [-0.05, 0) is 25.0 Å². The zero-order valence-corrected chi connectivity index (χ0v) is 11.7. The van der Waals surface area contributed by atoms with Gasteiger partial charge in [-0.15, -0.1) is 0 Å². The van der Waals surface area contributed by atoms with E-state index in [2.05, 4.69) is 5.32 Å². The van der Waals surface area contributed by atoms with Crippen molar-refractivity contribution in [3.8, 4) is 0 Å². The van der Waals surface area contributed by atoms with Crippen LogP contribution in [0.5, 0.6) is 0 Å². The van der Waals surface area contributed by atoms with E-state index in [-0.39, 0.29) is 6.04 Å². The maximum absolute atomic E-state index is 11.5. The first kappa shape index (κ1) is 14.3. The van der Waals surface area contributed by atoms with Crippen molar-refractivity contribution in [3.05, 3.63) is 71.3 Å². The SMILES string of the molecule is Cc1ccc([C@@H](C)NC(C(=O)O)c2ccccc2)cc1. The molecule has 0 aliphatic heterocycles. The highest BCUT2D eigenvalue weighted by atomic mass is 16.4. The lowest BCUT2D eigenvalue weighted by Gasteiger charge is -2.21. The normalized spacial score (nSPS) is 13.7. The number of aliphatic carboxylic acids is 1. The number of nitrogens with one attached hydrogen (secondary N) is 1. The highest BCUT2D eigenvalue weighted by molar-refractivity contribution is 5.75. The summed E-state index contributed by atoms with van der Waals surface area (Å²) in [6.07, 6.45) is 0. The minimum absolute atomic E-state index is 0.0306. The van der Waals surface area contributed by atoms with Gasteiger partial charge in [0.1, 0.15) is 6.04 Å². The van der Waals surface area contributed by atoms with Crippen LogP contribution in [-0.2, 0) is 4.79 Å². The van der Waals surface area contributed by atoms with Crippen molar-refractivity contribution in [2.24, 2.45) is 0 Å². The monoisotopic (exact) mass is 269 g/mol. The first-order valence-corrected chi connectivity index (χ1v) is 6.68. The third-order valence-corrected chi connectivity index (χ3v) is 3.37. The molecule has 0 amide bonds. The summed E-state index contributed by atoms with van der Waals surface area (Å²) in [6, 6.07) is 16.6. The van der Waals surface area contributed by atoms with Crippen molar-refractivity contribution < 1.29 is 9.90 Å². The molecule has 2 rings (SSSR count). The van der Waals surface area contributed by atoms with E-state index >= 15 is 0 Å². The second-order valence-electron chi connectivity index (χ2n) is 4.98. The predicted molar refractivity (Wildman–Crippen MR) is 79.5 cm³/mol. The van der Waals surface area contributed by atoms with E-state index in [1.165, 1.54) is 5.56 Å². The lowest BCUT2D eigenvalue weighted by molar-refractivity contribution is -0.139. The van der Waals surface area contributed by atoms with Crippen LogP contribution in [0, 0.1) is 6.92 Å². The van der Waals surface area contributed by atoms with Crippen molar-refractivity contribution >= 4 is 5.97 Å². The number of hydrogen-bond donors (Lipinski definition) is 2. The Morgan fingerprint density at radius 3 is 2.15 bits per heavy atom. The number of rotatable bonds is 5. The summed E-state index contributed by atoms with van der Waals surface area (Å²) < 4.78 is 0. The first-order valence-electron chi connectivity index (χ1n) is 6.68. The summed E-state index contributed by atoms with van der Waals surface area (Å²) in [4.78, 5) is 11.5. The average molecular weight is 269 g/mol. The molecule has 3 nitrogen and oxygen atoms in total. The molecule has 1 unspecified atom stereocenters. The van der Waals surface area contributed by atoms with Gasteiger partial charge in [-0.2, -0.15) is 0 Å². The van der Waals surface area contributed by atoms with Gasteiger partial charge < -0.3 is 5.11 Å². The molecular formula is C17H19NO2. The second-order valence-corrected chi connectivity index (χ2v) is 4.98. The Labute approximate surface area is 119 Å². The molecule has 0 bridgehead atoms. The number of aryl methyl sites for hydroxylation is 1. The summed E-state index contributed by atoms with van der Waals surface area (Å²) in [5.41, 5.74) is 3.04. The molecule has 0 saturated heterocycles. The van der Waals surface area contributed by atoms with Crippen LogP contribution in [0.15, 0.2) is 54.6 Å². The van der Waals surface area contributed by atoms with Gasteiger partial charge in [0.15, 0.2) is 0 Å². The minimum Gasteiger partial charge on any atom is -0.480 e. The van der Waals surface area contributed by atoms with Crippen molar-refractivity contribution in [1.82, 2.24) is 5.32 Å². The molecule has 0 aliphatic rings. The third kappa shape index (κ3) is 3.45. The summed E-state index contributed by atoms with van der Waals surface area (Å²) in [5.74, 6) is -0.866. The van der Waals surface area contributed by atoms with Crippen LogP contribution in [0.4, 0.5) is 0 Å². The molecule has 104 valence electrons. The molecule has 2 N–H and O–H groups in total. The molecule has 2 aromatic carbocycles. The predicted octanol–water partition coefficient (Wildman–Crippen LogP) is 3.47. The van der Waals surface area contributed by atoms with Crippen LogP contribution < -0.4 is 5.32 Å². The number of benzene rings is 2. The van der Waals surface area contributed by atoms with Gasteiger partial charge in [0.2, 0.25) is 0 Å². The Morgan fingerprint density at radius 2 is 1.60 bits per heavy atom. The largest absolute Gasteiger partial charge is 0.480 e. The molecule has 2 atom stereocenters. The Hall–Kier alpha value is -2.13. The molecule has 2 aromatic rings. The number of carboxylic acids is 1. The molecule has 20 heavy (non-hydrogen) atoms. The van der Waals surface area contributed by atoms with E-state index in [1.807, 2.05) is 68.4 Å². The molecule has 0 aromatic heterocycles. The highest BCUT2D eigenvalue weighted by Crippen LogP contribution is 2.20. The molecule has 0 radical (unpaired) electrons. The Bertz CT molecular complexity index is 563. The van der Waals surface area contributed by atoms with E-state index < -0.39 is 12.0 Å². The Kier molecular flexibility index (Phi) is 4.53. The zero-order valence-electron chi connectivity index (χ0n) is 11.7. The van der Waals surface area contributed by atoms with Crippen LogP contribution in [-0.4, -0.2) is 11.1 Å². The second kappa shape index (κ2) is 6.35. The molecule has 0 spiro atoms. The summed E-state index contributed by atoms with van der Waals surface area (Å²) >= 11 is 0. The molecule has 0 aliphatic carbocycles. The van der Waals surface area contributed by atoms with Gasteiger partial charge in [-0.25, -0.2) is 0 Å². The smallest absolute Gasteiger partial charge is 0.325 e. The fraction of sp³-hybridized carbons (Fsp3) is 0.235. The van der Waals surface area contributed by atoms with E-state index in [1.54, 1.807) is 0 Å². The number of hydrogen-bond acceptors (Lipinski definition) is 2. The molecule has 3 heteroatoms. The Balaban J connectivity index is 2.16. The van der Waals surface area contributed by atoms with E-state index in [9.17, 15) is 9.90 Å². The fourth-order valence-corrected chi connectivity index (χ4v) is 2.16. The average Bonchev–Trinajstić information content (AvgIpc) is 2.46. The number of carbonyl (C=O) groups is 1. The lowest BCUT2D eigenvalue weighted by Crippen LogP contribution is -2.30. The lowest BCUT2D eigenvalue weighted by atomic mass is 10.0. The molecule has 0 saturated carbocycles. The van der Waals surface area contributed by atoms with Gasteiger partial charge in [0.05, 0.1) is 0 Å². The Morgan fingerprint density at radius 1 is 1.00 bits per heavy atom. The van der Waals surface area contributed by atoms with Crippen molar-refractivity contribution in [2.75, 3.05) is 0 Å². The maximum Gasteiger partial charge on any atom is 0.325 e. The van der Waals surface area contributed by atoms with Crippen molar-refractivity contribution in [2.45, 2.75) is 25.9 Å². The van der Waals surface area contributed by atoms with Crippen LogP contribution in [0.3, 0.4) is 0 Å². The van der Waals surface area contributed by atoms with Crippen molar-refractivity contribution in [1.29, 1.82) is 0 Å². The zero-order chi connectivity index (χ0) is 14.5. The minimum atomic E-state index is -0.866. The molecular weight excluding hydrogens is 250 g/mol. The van der Waals surface area contributed by atoms with E-state index in [4.69, 9.17) is 0 Å². The van der Waals surface area contributed by atoms with Crippen LogP contribution in [0.1, 0.15) is 35.7 Å². The van der Waals surface area contributed by atoms with Crippen LogP contribution in [0.2, 0.25) is 0 Å². The van der Waals surface area contributed by atoms with Crippen LogP contribution >= 0.6 is 0 Å². The number of carboxylic acid groups (broad SMARTS) is 1. The van der Waals surface area contributed by atoms with Gasteiger partial charge >= 0.3 is 5.97 Å². The van der Waals surface area contributed by atoms with Crippen molar-refractivity contribution in [3.63, 3.8) is 0 Å². The summed E-state index contributed by atoms with van der Waals surface area (Å²) in [7, 11) is 0. The summed E-state index contributed by atoms with van der Waals surface area (Å²) in [6.45, 7) is 4.01. The highest BCUT2D eigenvalue weighted by Gasteiger charge is 2.21. The fourth-order valence-electron chi connectivity index (χ4n) is 2.16. The standard InChI is InChI=1S/C17H19NO2/c1-12-8-10-14(11-9-12)13(2)18-16(17(19)20)15-6-4-3-5-7-15/h3-11,13,16,18H,1-2H3,(H,19,20)/t13-,16?/m1/s1. The van der Waals surface area contributed by atoms with E-state index in [0.29, 0.717) is 0 Å². The topological polar surface area (TPSA) is 49.3 Å². The van der Waals surface area contributed by atoms with E-state index in [0.717, 1.165) is 11.1 Å². The quantitative estimate of drug-likeness (QED) is 0.873.